The zero-order chi connectivity index (χ0) is 7.82. The first-order valence-corrected chi connectivity index (χ1v) is 5.22. The molecular formula is C5H10O3S2. The average molecular weight is 182 g/mol. The summed E-state index contributed by atoms with van der Waals surface area (Å²) in [5.74, 6) is 0.776. The Hall–Kier alpha value is 0.130. The number of methoxy groups -OCH3 is 1. The molecule has 0 amide bonds. The van der Waals surface area contributed by atoms with Crippen LogP contribution >= 0.6 is 21.6 Å². The van der Waals surface area contributed by atoms with Gasteiger partial charge in [0.05, 0.1) is 13.7 Å². The van der Waals surface area contributed by atoms with E-state index in [2.05, 4.69) is 4.74 Å². The lowest BCUT2D eigenvalue weighted by Crippen LogP contribution is -2.02. The average Bonchev–Trinajstić information content (AvgIpc) is 1.98. The third-order valence-electron chi connectivity index (χ3n) is 0.662. The van der Waals surface area contributed by atoms with Crippen molar-refractivity contribution < 1.29 is 14.6 Å². The maximum absolute atomic E-state index is 10.5. The Labute approximate surface area is 67.9 Å². The molecule has 0 aromatic rings. The number of esters is 1. The van der Waals surface area contributed by atoms with E-state index < -0.39 is 0 Å². The highest BCUT2D eigenvalue weighted by Crippen LogP contribution is 2.19. The molecule has 60 valence electrons. The number of rotatable bonds is 5. The molecule has 0 saturated heterocycles. The number of aliphatic hydroxyl groups excluding tert-OH is 1. The molecule has 0 radical (unpaired) electrons. The molecule has 0 heterocycles. The van der Waals surface area contributed by atoms with Gasteiger partial charge in [-0.2, -0.15) is 0 Å². The van der Waals surface area contributed by atoms with Crippen molar-refractivity contribution >= 4 is 27.6 Å². The molecule has 1 N–H and O–H groups in total. The van der Waals surface area contributed by atoms with Gasteiger partial charge >= 0.3 is 5.97 Å². The van der Waals surface area contributed by atoms with Crippen LogP contribution < -0.4 is 0 Å². The van der Waals surface area contributed by atoms with E-state index in [1.807, 2.05) is 0 Å². The van der Waals surface area contributed by atoms with E-state index in [-0.39, 0.29) is 12.6 Å². The van der Waals surface area contributed by atoms with Crippen molar-refractivity contribution in [1.29, 1.82) is 0 Å². The Kier molecular flexibility index (Phi) is 7.33. The van der Waals surface area contributed by atoms with Crippen molar-refractivity contribution in [2.24, 2.45) is 0 Å². The molecule has 0 spiro atoms. The fourth-order valence-electron chi connectivity index (χ4n) is 0.245. The predicted molar refractivity (Wildman–Crippen MR) is 44.0 cm³/mol. The molecule has 0 fully saturated rings. The molecule has 0 aromatic carbocycles. The van der Waals surface area contributed by atoms with Crippen LogP contribution in [0.4, 0.5) is 0 Å². The highest BCUT2D eigenvalue weighted by atomic mass is 33.1. The molecule has 0 unspecified atom stereocenters. The maximum atomic E-state index is 10.5. The normalized spacial score (nSPS) is 9.40. The van der Waals surface area contributed by atoms with Crippen LogP contribution in [0, 0.1) is 0 Å². The van der Waals surface area contributed by atoms with Crippen LogP contribution in [-0.4, -0.2) is 36.3 Å². The van der Waals surface area contributed by atoms with Gasteiger partial charge in [-0.3, -0.25) is 4.79 Å². The number of aliphatic hydroxyl groups is 1. The Morgan fingerprint density at radius 2 is 2.30 bits per heavy atom. The van der Waals surface area contributed by atoms with Gasteiger partial charge in [0.1, 0.15) is 5.75 Å². The number of hydrogen-bond acceptors (Lipinski definition) is 5. The largest absolute Gasteiger partial charge is 0.468 e. The molecule has 5 heteroatoms. The summed E-state index contributed by atoms with van der Waals surface area (Å²) in [6.07, 6.45) is 0. The fraction of sp³-hybridized carbons (Fsp3) is 0.800. The van der Waals surface area contributed by atoms with Gasteiger partial charge < -0.3 is 9.84 Å². The smallest absolute Gasteiger partial charge is 0.316 e. The van der Waals surface area contributed by atoms with Crippen LogP contribution in [0.15, 0.2) is 0 Å². The first-order valence-electron chi connectivity index (χ1n) is 2.73. The molecule has 0 aromatic heterocycles. The highest BCUT2D eigenvalue weighted by Gasteiger charge is 1.98. The summed E-state index contributed by atoms with van der Waals surface area (Å²) in [5.41, 5.74) is 0. The van der Waals surface area contributed by atoms with Gasteiger partial charge in [0, 0.05) is 5.75 Å². The quantitative estimate of drug-likeness (QED) is 0.382. The topological polar surface area (TPSA) is 46.5 Å². The van der Waals surface area contributed by atoms with Crippen molar-refractivity contribution in [3.8, 4) is 0 Å². The van der Waals surface area contributed by atoms with Crippen molar-refractivity contribution in [1.82, 2.24) is 0 Å². The van der Waals surface area contributed by atoms with Crippen LogP contribution in [0.2, 0.25) is 0 Å². The molecule has 0 aliphatic heterocycles. The van der Waals surface area contributed by atoms with Gasteiger partial charge in [-0.1, -0.05) is 21.6 Å². The fourth-order valence-corrected chi connectivity index (χ4v) is 1.85. The van der Waals surface area contributed by atoms with Crippen molar-refractivity contribution in [3.63, 3.8) is 0 Å². The first-order chi connectivity index (χ1) is 4.81. The molecule has 0 aliphatic rings. The minimum absolute atomic E-state index is 0.152. The summed E-state index contributed by atoms with van der Waals surface area (Å²) < 4.78 is 4.39. The van der Waals surface area contributed by atoms with E-state index in [9.17, 15) is 4.79 Å². The first kappa shape index (κ1) is 10.1. The van der Waals surface area contributed by atoms with E-state index in [4.69, 9.17) is 5.11 Å². The van der Waals surface area contributed by atoms with Crippen LogP contribution in [0.3, 0.4) is 0 Å². The second-order valence-electron chi connectivity index (χ2n) is 1.38. The molecule has 0 aliphatic carbocycles. The second-order valence-corrected chi connectivity index (χ2v) is 3.97. The molecule has 10 heavy (non-hydrogen) atoms. The Morgan fingerprint density at radius 3 is 2.80 bits per heavy atom. The number of ether oxygens (including phenoxy) is 1. The lowest BCUT2D eigenvalue weighted by molar-refractivity contribution is -0.137. The van der Waals surface area contributed by atoms with E-state index in [1.165, 1.54) is 28.7 Å². The second kappa shape index (κ2) is 7.24. The van der Waals surface area contributed by atoms with Crippen LogP contribution in [0.5, 0.6) is 0 Å². The molecule has 3 nitrogen and oxygen atoms in total. The minimum Gasteiger partial charge on any atom is -0.468 e. The van der Waals surface area contributed by atoms with Gasteiger partial charge in [-0.05, 0) is 0 Å². The van der Waals surface area contributed by atoms with Crippen molar-refractivity contribution in [2.75, 3.05) is 25.2 Å². The molecule has 0 atom stereocenters. The SMILES string of the molecule is COC(=O)CSSCCO. The number of carbonyl (C=O) groups excluding carboxylic acids is 1. The summed E-state index contributed by atoms with van der Waals surface area (Å²) in [6.45, 7) is 0.152. The number of carbonyl (C=O) groups is 1. The zero-order valence-electron chi connectivity index (χ0n) is 5.70. The van der Waals surface area contributed by atoms with Gasteiger partial charge in [-0.15, -0.1) is 0 Å². The van der Waals surface area contributed by atoms with Crippen molar-refractivity contribution in [3.05, 3.63) is 0 Å². The molecule has 0 saturated carbocycles. The third-order valence-corrected chi connectivity index (χ3v) is 2.89. The van der Waals surface area contributed by atoms with E-state index in [1.54, 1.807) is 0 Å². The van der Waals surface area contributed by atoms with E-state index in [0.717, 1.165) is 0 Å². The zero-order valence-corrected chi connectivity index (χ0v) is 7.33. The summed E-state index contributed by atoms with van der Waals surface area (Å²) in [6, 6.07) is 0. The van der Waals surface area contributed by atoms with E-state index in [0.29, 0.717) is 11.5 Å². The number of hydrogen-bond donors (Lipinski definition) is 1. The van der Waals surface area contributed by atoms with Gasteiger partial charge in [0.15, 0.2) is 0 Å². The van der Waals surface area contributed by atoms with Gasteiger partial charge in [0.25, 0.3) is 0 Å². The monoisotopic (exact) mass is 182 g/mol. The Morgan fingerprint density at radius 1 is 1.60 bits per heavy atom. The van der Waals surface area contributed by atoms with Crippen LogP contribution in [0.25, 0.3) is 0 Å². The molecular weight excluding hydrogens is 172 g/mol. The van der Waals surface area contributed by atoms with Gasteiger partial charge in [0.2, 0.25) is 0 Å². The van der Waals surface area contributed by atoms with Crippen LogP contribution in [0.1, 0.15) is 0 Å². The summed E-state index contributed by atoms with van der Waals surface area (Å²) >= 11 is 0. The Bertz CT molecular complexity index is 96.9. The summed E-state index contributed by atoms with van der Waals surface area (Å²) in [4.78, 5) is 10.5. The summed E-state index contributed by atoms with van der Waals surface area (Å²) in [7, 11) is 4.22. The standard InChI is InChI=1S/C5H10O3S2/c1-8-5(7)4-10-9-3-2-6/h6H,2-4H2,1H3. The lowest BCUT2D eigenvalue weighted by atomic mass is 10.8. The van der Waals surface area contributed by atoms with E-state index >= 15 is 0 Å². The third kappa shape index (κ3) is 6.25. The Balaban J connectivity index is 2.96. The molecule has 0 bridgehead atoms. The summed E-state index contributed by atoms with van der Waals surface area (Å²) in [5, 5.41) is 8.34. The lowest BCUT2D eigenvalue weighted by Gasteiger charge is -1.96. The van der Waals surface area contributed by atoms with Crippen LogP contribution in [-0.2, 0) is 9.53 Å². The minimum atomic E-state index is -0.226. The van der Waals surface area contributed by atoms with Gasteiger partial charge in [-0.25, -0.2) is 0 Å². The predicted octanol–water partition coefficient (Wildman–Crippen LogP) is 0.533. The molecule has 0 rings (SSSR count). The van der Waals surface area contributed by atoms with Crippen molar-refractivity contribution in [2.45, 2.75) is 0 Å². The maximum Gasteiger partial charge on any atom is 0.316 e. The highest BCUT2D eigenvalue weighted by molar-refractivity contribution is 8.76.